The lowest BCUT2D eigenvalue weighted by Crippen LogP contribution is -2.53. The van der Waals surface area contributed by atoms with E-state index in [0.717, 1.165) is 19.3 Å². The van der Waals surface area contributed by atoms with Crippen molar-refractivity contribution in [1.82, 2.24) is 9.88 Å². The number of carbonyl (C=O) groups excluding carboxylic acids is 2. The minimum atomic E-state index is -0.988. The number of carbonyl (C=O) groups is 2. The predicted octanol–water partition coefficient (Wildman–Crippen LogP) is 3.46. The maximum Gasteiger partial charge on any atom is 0.331 e. The molecular formula is C21H23N3O4. The summed E-state index contributed by atoms with van der Waals surface area (Å²) in [5.41, 5.74) is 0.495. The van der Waals surface area contributed by atoms with Crippen molar-refractivity contribution in [2.24, 2.45) is 0 Å². The Kier molecular flexibility index (Phi) is 5.78. The molecule has 1 aliphatic carbocycles. The fraction of sp³-hybridized carbons (Fsp3) is 0.429. The normalized spacial score (nSPS) is 17.2. The fourth-order valence-corrected chi connectivity index (χ4v) is 3.51. The first kappa shape index (κ1) is 19.6. The molecule has 3 rings (SSSR count). The van der Waals surface area contributed by atoms with Gasteiger partial charge in [0.05, 0.1) is 6.07 Å². The summed E-state index contributed by atoms with van der Waals surface area (Å²) in [5, 5.41) is 9.61. The smallest absolute Gasteiger partial charge is 0.331 e. The topological polar surface area (TPSA) is 96.4 Å². The van der Waals surface area contributed by atoms with E-state index in [4.69, 9.17) is 9.15 Å². The lowest BCUT2D eigenvalue weighted by molar-refractivity contribution is -0.157. The van der Waals surface area contributed by atoms with Gasteiger partial charge in [0.1, 0.15) is 11.1 Å². The number of rotatable bonds is 5. The quantitative estimate of drug-likeness (QED) is 0.581. The summed E-state index contributed by atoms with van der Waals surface area (Å²) in [6, 6.07) is 9.56. The lowest BCUT2D eigenvalue weighted by Gasteiger charge is -2.39. The van der Waals surface area contributed by atoms with Gasteiger partial charge in [0.15, 0.2) is 11.7 Å². The zero-order chi connectivity index (χ0) is 20.1. The van der Waals surface area contributed by atoms with E-state index in [1.165, 1.54) is 24.0 Å². The molecule has 1 aliphatic rings. The van der Waals surface area contributed by atoms with Gasteiger partial charge in [-0.05, 0) is 31.9 Å². The van der Waals surface area contributed by atoms with Gasteiger partial charge < -0.3 is 14.1 Å². The molecule has 0 radical (unpaired) electrons. The average molecular weight is 381 g/mol. The summed E-state index contributed by atoms with van der Waals surface area (Å²) >= 11 is 0. The highest BCUT2D eigenvalue weighted by atomic mass is 16.5. The number of aromatic nitrogens is 1. The van der Waals surface area contributed by atoms with E-state index < -0.39 is 17.6 Å². The number of para-hydroxylation sites is 2. The van der Waals surface area contributed by atoms with E-state index in [-0.39, 0.29) is 11.8 Å². The van der Waals surface area contributed by atoms with E-state index in [1.807, 2.05) is 12.1 Å². The van der Waals surface area contributed by atoms with Crippen molar-refractivity contribution < 1.29 is 18.7 Å². The number of nitrogens with zero attached hydrogens (tertiary/aromatic N) is 3. The van der Waals surface area contributed by atoms with Crippen LogP contribution >= 0.6 is 0 Å². The number of likely N-dealkylation sites (N-methyl/N-ethyl adjacent to an activating group) is 1. The monoisotopic (exact) mass is 381 g/mol. The van der Waals surface area contributed by atoms with Gasteiger partial charge in [-0.15, -0.1) is 0 Å². The van der Waals surface area contributed by atoms with E-state index >= 15 is 0 Å². The molecule has 2 aromatic rings. The highest BCUT2D eigenvalue weighted by Crippen LogP contribution is 2.32. The van der Waals surface area contributed by atoms with Crippen LogP contribution in [0.3, 0.4) is 0 Å². The largest absolute Gasteiger partial charge is 0.449 e. The highest BCUT2D eigenvalue weighted by Gasteiger charge is 2.40. The Bertz CT molecular complexity index is 902. The maximum atomic E-state index is 12.7. The molecule has 146 valence electrons. The van der Waals surface area contributed by atoms with Crippen LogP contribution in [0.4, 0.5) is 0 Å². The number of esters is 1. The Morgan fingerprint density at radius 2 is 2.04 bits per heavy atom. The second-order valence-electron chi connectivity index (χ2n) is 7.03. The molecule has 7 heteroatoms. The van der Waals surface area contributed by atoms with Crippen LogP contribution < -0.4 is 0 Å². The van der Waals surface area contributed by atoms with Crippen molar-refractivity contribution in [2.75, 3.05) is 7.05 Å². The minimum Gasteiger partial charge on any atom is -0.449 e. The Hall–Kier alpha value is -3.14. The molecule has 0 unspecified atom stereocenters. The molecule has 1 heterocycles. The standard InChI is InChI=1S/C21H23N3O4/c1-15(20(26)24(2)21(14-22)12-6-3-7-13-21)27-19(25)11-10-18-23-16-8-4-5-9-17(16)28-18/h4-5,8-11,15H,3,6-7,12-13H2,1-2H3/b11-10+/t15-/m1/s1. The maximum absolute atomic E-state index is 12.7. The number of hydrogen-bond donors (Lipinski definition) is 0. The van der Waals surface area contributed by atoms with Gasteiger partial charge in [-0.1, -0.05) is 31.4 Å². The van der Waals surface area contributed by atoms with Crippen molar-refractivity contribution >= 4 is 29.1 Å². The highest BCUT2D eigenvalue weighted by molar-refractivity contribution is 5.90. The molecule has 1 saturated carbocycles. The summed E-state index contributed by atoms with van der Waals surface area (Å²) in [6.07, 6.45) is 5.76. The Morgan fingerprint density at radius 3 is 2.71 bits per heavy atom. The second-order valence-corrected chi connectivity index (χ2v) is 7.03. The number of ether oxygens (including phenoxy) is 1. The number of fused-ring (bicyclic) bond motifs is 1. The van der Waals surface area contributed by atoms with Crippen molar-refractivity contribution in [3.05, 3.63) is 36.2 Å². The molecule has 0 N–H and O–H groups in total. The summed E-state index contributed by atoms with van der Waals surface area (Å²) in [6.45, 7) is 1.51. The molecule has 1 aromatic carbocycles. The van der Waals surface area contributed by atoms with Crippen LogP contribution in [0.25, 0.3) is 17.2 Å². The van der Waals surface area contributed by atoms with Gasteiger partial charge >= 0.3 is 5.97 Å². The van der Waals surface area contributed by atoms with Crippen LogP contribution in [0, 0.1) is 11.3 Å². The third-order valence-corrected chi connectivity index (χ3v) is 5.17. The van der Waals surface area contributed by atoms with Gasteiger partial charge in [0.25, 0.3) is 5.91 Å². The Balaban J connectivity index is 1.61. The lowest BCUT2D eigenvalue weighted by atomic mass is 9.81. The van der Waals surface area contributed by atoms with E-state index in [1.54, 1.807) is 19.2 Å². The molecule has 28 heavy (non-hydrogen) atoms. The molecule has 1 aromatic heterocycles. The number of amides is 1. The second kappa shape index (κ2) is 8.26. The van der Waals surface area contributed by atoms with Gasteiger partial charge in [-0.25, -0.2) is 9.78 Å². The zero-order valence-corrected chi connectivity index (χ0v) is 16.1. The summed E-state index contributed by atoms with van der Waals surface area (Å²) in [4.78, 5) is 30.4. The number of nitriles is 1. The summed E-state index contributed by atoms with van der Waals surface area (Å²) in [5.74, 6) is -0.780. The van der Waals surface area contributed by atoms with Crippen LogP contribution in [-0.4, -0.2) is 40.5 Å². The molecule has 0 aliphatic heterocycles. The third-order valence-electron chi connectivity index (χ3n) is 5.17. The fourth-order valence-electron chi connectivity index (χ4n) is 3.51. The van der Waals surface area contributed by atoms with Gasteiger partial charge in [-0.2, -0.15) is 5.26 Å². The molecule has 0 bridgehead atoms. The molecule has 1 atom stereocenters. The zero-order valence-electron chi connectivity index (χ0n) is 16.1. The third kappa shape index (κ3) is 4.06. The summed E-state index contributed by atoms with van der Waals surface area (Å²) < 4.78 is 10.7. The average Bonchev–Trinajstić information content (AvgIpc) is 3.14. The molecule has 0 spiro atoms. The van der Waals surface area contributed by atoms with Crippen molar-refractivity contribution in [3.8, 4) is 6.07 Å². The first-order valence-corrected chi connectivity index (χ1v) is 9.38. The molecule has 1 amide bonds. The number of benzene rings is 1. The van der Waals surface area contributed by atoms with E-state index in [2.05, 4.69) is 11.1 Å². The van der Waals surface area contributed by atoms with Crippen molar-refractivity contribution in [2.45, 2.75) is 50.7 Å². The van der Waals surface area contributed by atoms with Gasteiger partial charge in [0, 0.05) is 19.2 Å². The minimum absolute atomic E-state index is 0.278. The molecular weight excluding hydrogens is 358 g/mol. The van der Waals surface area contributed by atoms with Crippen LogP contribution in [0.2, 0.25) is 0 Å². The van der Waals surface area contributed by atoms with Crippen molar-refractivity contribution in [1.29, 1.82) is 5.26 Å². The molecule has 0 saturated heterocycles. The van der Waals surface area contributed by atoms with Crippen LogP contribution in [0.1, 0.15) is 44.9 Å². The number of hydrogen-bond acceptors (Lipinski definition) is 6. The van der Waals surface area contributed by atoms with Crippen LogP contribution in [-0.2, 0) is 14.3 Å². The van der Waals surface area contributed by atoms with Crippen LogP contribution in [0.15, 0.2) is 34.8 Å². The predicted molar refractivity (Wildman–Crippen MR) is 103 cm³/mol. The number of oxazole rings is 1. The van der Waals surface area contributed by atoms with Crippen LogP contribution in [0.5, 0.6) is 0 Å². The van der Waals surface area contributed by atoms with E-state index in [0.29, 0.717) is 23.9 Å². The van der Waals surface area contributed by atoms with Gasteiger partial charge in [-0.3, -0.25) is 4.79 Å². The Labute approximate surface area is 163 Å². The SMILES string of the molecule is C[C@@H](OC(=O)/C=C/c1nc2ccccc2o1)C(=O)N(C)C1(C#N)CCCCC1. The first-order valence-electron chi connectivity index (χ1n) is 9.38. The Morgan fingerprint density at radius 1 is 1.32 bits per heavy atom. The molecule has 7 nitrogen and oxygen atoms in total. The van der Waals surface area contributed by atoms with Gasteiger partial charge in [0.2, 0.25) is 5.89 Å². The summed E-state index contributed by atoms with van der Waals surface area (Å²) in [7, 11) is 1.61. The first-order chi connectivity index (χ1) is 13.4. The van der Waals surface area contributed by atoms with E-state index in [9.17, 15) is 14.9 Å². The van der Waals surface area contributed by atoms with Crippen molar-refractivity contribution in [3.63, 3.8) is 0 Å². The molecule has 1 fully saturated rings.